The van der Waals surface area contributed by atoms with E-state index < -0.39 is 0 Å². The summed E-state index contributed by atoms with van der Waals surface area (Å²) in [5.41, 5.74) is 1.11. The van der Waals surface area contributed by atoms with Crippen molar-refractivity contribution in [3.05, 3.63) is 58.9 Å². The minimum absolute atomic E-state index is 0.0265. The van der Waals surface area contributed by atoms with E-state index >= 15 is 0 Å². The van der Waals surface area contributed by atoms with Crippen molar-refractivity contribution < 1.29 is 4.79 Å². The number of rotatable bonds is 4. The maximum absolute atomic E-state index is 11.9. The quantitative estimate of drug-likeness (QED) is 0.789. The average molecular weight is 300 g/mol. The molecule has 3 aromatic rings. The lowest BCUT2D eigenvalue weighted by atomic mass is 10.2. The number of carbonyl (C=O) groups is 1. The molecule has 2 aromatic heterocycles. The molecule has 1 aromatic carbocycles. The normalized spacial score (nSPS) is 10.4. The maximum atomic E-state index is 11.9. The molecule has 3 nitrogen and oxygen atoms in total. The standard InChI is InChI=1S/C15H12N2OS2/c18-14(9-12-7-4-8-19-12)17-15-16-10-13(20-15)11-5-2-1-3-6-11/h1-8,10H,9H2,(H,16,17,18). The van der Waals surface area contributed by atoms with Crippen LogP contribution in [0.4, 0.5) is 5.13 Å². The number of thiazole rings is 1. The van der Waals surface area contributed by atoms with Crippen molar-refractivity contribution in [2.45, 2.75) is 6.42 Å². The fourth-order valence-corrected chi connectivity index (χ4v) is 3.34. The summed E-state index contributed by atoms with van der Waals surface area (Å²) in [7, 11) is 0. The van der Waals surface area contributed by atoms with Crippen LogP contribution >= 0.6 is 22.7 Å². The van der Waals surface area contributed by atoms with Gasteiger partial charge in [0.25, 0.3) is 0 Å². The third-order valence-corrected chi connectivity index (χ3v) is 4.56. The molecule has 0 saturated carbocycles. The van der Waals surface area contributed by atoms with Crippen LogP contribution in [0.1, 0.15) is 4.88 Å². The molecule has 100 valence electrons. The van der Waals surface area contributed by atoms with E-state index in [-0.39, 0.29) is 5.91 Å². The van der Waals surface area contributed by atoms with Gasteiger partial charge < -0.3 is 5.32 Å². The second-order valence-corrected chi connectivity index (χ2v) is 6.26. The van der Waals surface area contributed by atoms with Gasteiger partial charge in [0.05, 0.1) is 11.3 Å². The average Bonchev–Trinajstić information content (AvgIpc) is 3.11. The number of nitrogens with one attached hydrogen (secondary N) is 1. The molecule has 0 atom stereocenters. The summed E-state index contributed by atoms with van der Waals surface area (Å²) in [4.78, 5) is 18.3. The van der Waals surface area contributed by atoms with Gasteiger partial charge in [-0.2, -0.15) is 0 Å². The van der Waals surface area contributed by atoms with Crippen LogP contribution in [0.2, 0.25) is 0 Å². The van der Waals surface area contributed by atoms with E-state index in [4.69, 9.17) is 0 Å². The summed E-state index contributed by atoms with van der Waals surface area (Å²) < 4.78 is 0. The molecule has 1 N–H and O–H groups in total. The van der Waals surface area contributed by atoms with Gasteiger partial charge in [-0.05, 0) is 17.0 Å². The van der Waals surface area contributed by atoms with Gasteiger partial charge in [-0.3, -0.25) is 4.79 Å². The Morgan fingerprint density at radius 2 is 2.00 bits per heavy atom. The van der Waals surface area contributed by atoms with Gasteiger partial charge in [0.2, 0.25) is 5.91 Å². The lowest BCUT2D eigenvalue weighted by molar-refractivity contribution is -0.115. The smallest absolute Gasteiger partial charge is 0.231 e. The fourth-order valence-electron chi connectivity index (χ4n) is 1.80. The molecule has 0 aliphatic heterocycles. The third kappa shape index (κ3) is 3.12. The zero-order valence-corrected chi connectivity index (χ0v) is 12.2. The van der Waals surface area contributed by atoms with Crippen LogP contribution in [0.5, 0.6) is 0 Å². The highest BCUT2D eigenvalue weighted by molar-refractivity contribution is 7.19. The van der Waals surface area contributed by atoms with Crippen LogP contribution in [0.3, 0.4) is 0 Å². The third-order valence-electron chi connectivity index (χ3n) is 2.73. The second-order valence-electron chi connectivity index (χ2n) is 4.20. The highest BCUT2D eigenvalue weighted by Gasteiger charge is 2.09. The van der Waals surface area contributed by atoms with Crippen LogP contribution in [0.15, 0.2) is 54.0 Å². The number of carbonyl (C=O) groups excluding carboxylic acids is 1. The topological polar surface area (TPSA) is 42.0 Å². The van der Waals surface area contributed by atoms with Gasteiger partial charge >= 0.3 is 0 Å². The Labute approximate surface area is 124 Å². The summed E-state index contributed by atoms with van der Waals surface area (Å²) in [5.74, 6) is -0.0265. The lowest BCUT2D eigenvalue weighted by Crippen LogP contribution is -2.13. The molecule has 20 heavy (non-hydrogen) atoms. The highest BCUT2D eigenvalue weighted by Crippen LogP contribution is 2.28. The first kappa shape index (κ1) is 13.0. The molecule has 0 saturated heterocycles. The molecule has 2 heterocycles. The summed E-state index contributed by atoms with van der Waals surface area (Å²) in [5, 5.41) is 5.46. The Morgan fingerprint density at radius 3 is 2.75 bits per heavy atom. The number of anilines is 1. The monoisotopic (exact) mass is 300 g/mol. The first-order chi connectivity index (χ1) is 9.81. The van der Waals surface area contributed by atoms with Crippen LogP contribution in [-0.2, 0) is 11.2 Å². The zero-order chi connectivity index (χ0) is 13.8. The summed E-state index contributed by atoms with van der Waals surface area (Å²) in [6.07, 6.45) is 2.19. The van der Waals surface area contributed by atoms with Crippen LogP contribution in [-0.4, -0.2) is 10.9 Å². The maximum Gasteiger partial charge on any atom is 0.231 e. The number of amides is 1. The second kappa shape index (κ2) is 5.98. The molecule has 0 aliphatic carbocycles. The molecule has 0 bridgehead atoms. The number of hydrogen-bond donors (Lipinski definition) is 1. The van der Waals surface area contributed by atoms with Crippen LogP contribution in [0.25, 0.3) is 10.4 Å². The molecule has 5 heteroatoms. The summed E-state index contributed by atoms with van der Waals surface area (Å²) in [6, 6.07) is 13.9. The minimum atomic E-state index is -0.0265. The molecule has 0 radical (unpaired) electrons. The van der Waals surface area contributed by atoms with E-state index in [9.17, 15) is 4.79 Å². The number of nitrogens with zero attached hydrogens (tertiary/aromatic N) is 1. The predicted octanol–water partition coefficient (Wildman–Crippen LogP) is 4.05. The van der Waals surface area contributed by atoms with Crippen molar-refractivity contribution in [2.75, 3.05) is 5.32 Å². The van der Waals surface area contributed by atoms with Gasteiger partial charge in [0.15, 0.2) is 5.13 Å². The molecule has 0 fully saturated rings. The Balaban J connectivity index is 1.67. The van der Waals surface area contributed by atoms with Crippen molar-refractivity contribution >= 4 is 33.7 Å². The number of benzene rings is 1. The molecule has 0 unspecified atom stereocenters. The van der Waals surface area contributed by atoms with E-state index in [0.717, 1.165) is 15.3 Å². The van der Waals surface area contributed by atoms with E-state index in [0.29, 0.717) is 11.6 Å². The predicted molar refractivity (Wildman–Crippen MR) is 84.2 cm³/mol. The van der Waals surface area contributed by atoms with Crippen molar-refractivity contribution in [3.8, 4) is 10.4 Å². The number of thiophene rings is 1. The first-order valence-corrected chi connectivity index (χ1v) is 7.84. The van der Waals surface area contributed by atoms with Crippen molar-refractivity contribution in [2.24, 2.45) is 0 Å². The molecule has 1 amide bonds. The van der Waals surface area contributed by atoms with Crippen LogP contribution < -0.4 is 5.32 Å². The Morgan fingerprint density at radius 1 is 1.15 bits per heavy atom. The Kier molecular flexibility index (Phi) is 3.90. The van der Waals surface area contributed by atoms with Gasteiger partial charge in [-0.15, -0.1) is 11.3 Å². The molecular formula is C15H12N2OS2. The van der Waals surface area contributed by atoms with E-state index in [1.165, 1.54) is 11.3 Å². The van der Waals surface area contributed by atoms with Crippen molar-refractivity contribution in [1.29, 1.82) is 0 Å². The SMILES string of the molecule is O=C(Cc1cccs1)Nc1ncc(-c2ccccc2)s1. The highest BCUT2D eigenvalue weighted by atomic mass is 32.1. The van der Waals surface area contributed by atoms with Crippen molar-refractivity contribution in [3.63, 3.8) is 0 Å². The molecular weight excluding hydrogens is 288 g/mol. The minimum Gasteiger partial charge on any atom is -0.302 e. The molecule has 0 spiro atoms. The molecule has 3 rings (SSSR count). The first-order valence-electron chi connectivity index (χ1n) is 6.15. The van der Waals surface area contributed by atoms with Gasteiger partial charge in [-0.1, -0.05) is 47.7 Å². The fraction of sp³-hybridized carbons (Fsp3) is 0.0667. The lowest BCUT2D eigenvalue weighted by Gasteiger charge is -1.99. The van der Waals surface area contributed by atoms with Crippen molar-refractivity contribution in [1.82, 2.24) is 4.98 Å². The Bertz CT molecular complexity index is 690. The Hall–Kier alpha value is -1.98. The van der Waals surface area contributed by atoms with E-state index in [1.54, 1.807) is 17.5 Å². The summed E-state index contributed by atoms with van der Waals surface area (Å²) in [6.45, 7) is 0. The van der Waals surface area contributed by atoms with E-state index in [1.807, 2.05) is 47.8 Å². The largest absolute Gasteiger partial charge is 0.302 e. The number of aromatic nitrogens is 1. The summed E-state index contributed by atoms with van der Waals surface area (Å²) >= 11 is 3.07. The number of hydrogen-bond acceptors (Lipinski definition) is 4. The van der Waals surface area contributed by atoms with E-state index in [2.05, 4.69) is 10.3 Å². The van der Waals surface area contributed by atoms with Gasteiger partial charge in [-0.25, -0.2) is 4.98 Å². The van der Waals surface area contributed by atoms with Gasteiger partial charge in [0.1, 0.15) is 0 Å². The molecule has 0 aliphatic rings. The van der Waals surface area contributed by atoms with Crippen LogP contribution in [0, 0.1) is 0 Å². The zero-order valence-electron chi connectivity index (χ0n) is 10.6. The van der Waals surface area contributed by atoms with Gasteiger partial charge in [0, 0.05) is 11.1 Å².